The Hall–Kier alpha value is -0.920. The maximum atomic E-state index is 12.6. The zero-order valence-electron chi connectivity index (χ0n) is 12.1. The lowest BCUT2D eigenvalue weighted by atomic mass is 10.2. The Morgan fingerprint density at radius 2 is 2.00 bits per heavy atom. The molecule has 1 N–H and O–H groups in total. The number of halogens is 2. The Balaban J connectivity index is 0.00000121. The molecule has 122 valence electrons. The number of fused-ring (bicyclic) bond motifs is 1. The predicted molar refractivity (Wildman–Crippen MR) is 92.5 cm³/mol. The number of nitrogens with zero attached hydrogens (tertiary/aromatic N) is 2. The van der Waals surface area contributed by atoms with Gasteiger partial charge in [0.05, 0.1) is 4.90 Å². The van der Waals surface area contributed by atoms with Crippen molar-refractivity contribution in [3.63, 3.8) is 0 Å². The van der Waals surface area contributed by atoms with E-state index in [0.717, 1.165) is 17.2 Å². The van der Waals surface area contributed by atoms with E-state index in [4.69, 9.17) is 0 Å². The van der Waals surface area contributed by atoms with Crippen LogP contribution >= 0.6 is 24.8 Å². The van der Waals surface area contributed by atoms with Gasteiger partial charge >= 0.3 is 0 Å². The number of pyridine rings is 1. The van der Waals surface area contributed by atoms with Crippen molar-refractivity contribution in [2.24, 2.45) is 0 Å². The summed E-state index contributed by atoms with van der Waals surface area (Å²) in [7, 11) is -1.54. The largest absolute Gasteiger partial charge is 0.316 e. The first-order chi connectivity index (χ1) is 9.61. The molecule has 0 spiro atoms. The second-order valence-corrected chi connectivity index (χ2v) is 6.96. The number of nitrogens with one attached hydrogen (secondary N) is 1. The van der Waals surface area contributed by atoms with Crippen LogP contribution in [-0.2, 0) is 10.0 Å². The predicted octanol–water partition coefficient (Wildman–Crippen LogP) is 2.06. The molecule has 1 atom stereocenters. The Bertz CT molecular complexity index is 740. The molecule has 1 aromatic heterocycles. The Morgan fingerprint density at radius 1 is 1.23 bits per heavy atom. The third-order valence-electron chi connectivity index (χ3n) is 3.81. The summed E-state index contributed by atoms with van der Waals surface area (Å²) in [5, 5.41) is 4.97. The highest BCUT2D eigenvalue weighted by atomic mass is 35.5. The molecule has 1 aliphatic rings. The molecule has 22 heavy (non-hydrogen) atoms. The lowest BCUT2D eigenvalue weighted by Gasteiger charge is -2.16. The number of rotatable bonds is 3. The van der Waals surface area contributed by atoms with Crippen LogP contribution in [0.1, 0.15) is 6.42 Å². The summed E-state index contributed by atoms with van der Waals surface area (Å²) in [6.07, 6.45) is 4.26. The van der Waals surface area contributed by atoms with Crippen molar-refractivity contribution in [2.45, 2.75) is 17.4 Å². The fourth-order valence-corrected chi connectivity index (χ4v) is 4.09. The van der Waals surface area contributed by atoms with Crippen molar-refractivity contribution >= 4 is 45.6 Å². The van der Waals surface area contributed by atoms with Gasteiger partial charge in [-0.15, -0.1) is 24.8 Å². The van der Waals surface area contributed by atoms with Crippen LogP contribution in [0.2, 0.25) is 0 Å². The molecule has 0 aliphatic carbocycles. The quantitative estimate of drug-likeness (QED) is 0.906. The highest BCUT2D eigenvalue weighted by Gasteiger charge is 2.31. The smallest absolute Gasteiger partial charge is 0.243 e. The minimum absolute atomic E-state index is 0. The molecule has 1 fully saturated rings. The molecular weight excluding hydrogens is 345 g/mol. The zero-order chi connectivity index (χ0) is 14.2. The van der Waals surface area contributed by atoms with Gasteiger partial charge in [0, 0.05) is 36.9 Å². The third kappa shape index (κ3) is 3.52. The second kappa shape index (κ2) is 7.57. The molecule has 2 aromatic rings. The molecule has 1 unspecified atom stereocenters. The Kier molecular flexibility index (Phi) is 6.58. The Labute approximate surface area is 143 Å². The van der Waals surface area contributed by atoms with Crippen molar-refractivity contribution in [3.05, 3.63) is 36.7 Å². The topological polar surface area (TPSA) is 62.3 Å². The van der Waals surface area contributed by atoms with Gasteiger partial charge in [0.2, 0.25) is 10.0 Å². The highest BCUT2D eigenvalue weighted by Crippen LogP contribution is 2.24. The van der Waals surface area contributed by atoms with E-state index in [0.29, 0.717) is 18.0 Å². The van der Waals surface area contributed by atoms with E-state index >= 15 is 0 Å². The molecule has 2 heterocycles. The van der Waals surface area contributed by atoms with Gasteiger partial charge < -0.3 is 5.32 Å². The van der Waals surface area contributed by atoms with Crippen LogP contribution in [0.15, 0.2) is 41.6 Å². The average molecular weight is 364 g/mol. The summed E-state index contributed by atoms with van der Waals surface area (Å²) in [4.78, 5) is 4.39. The van der Waals surface area contributed by atoms with Crippen LogP contribution in [0.25, 0.3) is 10.8 Å². The van der Waals surface area contributed by atoms with Gasteiger partial charge in [0.1, 0.15) is 0 Å². The summed E-state index contributed by atoms with van der Waals surface area (Å²) in [5.74, 6) is 0. The first-order valence-corrected chi connectivity index (χ1v) is 8.06. The minimum atomic E-state index is -3.40. The fraction of sp³-hybridized carbons (Fsp3) is 0.357. The van der Waals surface area contributed by atoms with Crippen molar-refractivity contribution in [2.75, 3.05) is 20.1 Å². The molecule has 5 nitrogen and oxygen atoms in total. The fourth-order valence-electron chi connectivity index (χ4n) is 2.55. The molecular formula is C14H19Cl2N3O2S. The maximum absolute atomic E-state index is 12.6. The molecule has 8 heteroatoms. The first-order valence-electron chi connectivity index (χ1n) is 6.62. The van der Waals surface area contributed by atoms with Gasteiger partial charge in [-0.25, -0.2) is 8.42 Å². The number of aromatic nitrogens is 1. The van der Waals surface area contributed by atoms with E-state index < -0.39 is 10.0 Å². The third-order valence-corrected chi connectivity index (χ3v) is 5.67. The molecule has 0 saturated carbocycles. The average Bonchev–Trinajstić information content (AvgIpc) is 2.96. The minimum Gasteiger partial charge on any atom is -0.316 e. The van der Waals surface area contributed by atoms with E-state index in [2.05, 4.69) is 10.3 Å². The van der Waals surface area contributed by atoms with Crippen molar-refractivity contribution in [1.29, 1.82) is 0 Å². The van der Waals surface area contributed by atoms with Crippen molar-refractivity contribution < 1.29 is 8.42 Å². The van der Waals surface area contributed by atoms with Crippen LogP contribution < -0.4 is 5.32 Å². The van der Waals surface area contributed by atoms with Gasteiger partial charge in [0.25, 0.3) is 0 Å². The van der Waals surface area contributed by atoms with Crippen LogP contribution in [0, 0.1) is 0 Å². The standard InChI is InChI=1S/C14H17N3O2S.2ClH/c1-15-13-5-7-17(10-13)20(18,19)14-3-2-12-9-16-6-4-11(12)8-14;;/h2-4,6,8-9,13,15H,5,7,10H2,1H3;2*1H. The maximum Gasteiger partial charge on any atom is 0.243 e. The summed E-state index contributed by atoms with van der Waals surface area (Å²) in [6, 6.07) is 7.26. The van der Waals surface area contributed by atoms with Gasteiger partial charge in [-0.1, -0.05) is 6.07 Å². The van der Waals surface area contributed by atoms with Gasteiger partial charge in [-0.05, 0) is 37.1 Å². The van der Waals surface area contributed by atoms with E-state index in [9.17, 15) is 8.42 Å². The SMILES string of the molecule is CNC1CCN(S(=O)(=O)c2ccc3cnccc3c2)C1.Cl.Cl. The lowest BCUT2D eigenvalue weighted by Crippen LogP contribution is -2.33. The number of sulfonamides is 1. The van der Waals surface area contributed by atoms with Crippen molar-refractivity contribution in [3.8, 4) is 0 Å². The zero-order valence-corrected chi connectivity index (χ0v) is 14.5. The Morgan fingerprint density at radius 3 is 2.68 bits per heavy atom. The van der Waals surface area contributed by atoms with Gasteiger partial charge in [-0.3, -0.25) is 4.98 Å². The molecule has 3 rings (SSSR count). The molecule has 0 bridgehead atoms. The first kappa shape index (κ1) is 19.1. The molecule has 0 radical (unpaired) electrons. The highest BCUT2D eigenvalue weighted by molar-refractivity contribution is 7.89. The normalized spacial score (nSPS) is 18.7. The summed E-state index contributed by atoms with van der Waals surface area (Å²) < 4.78 is 26.8. The molecule has 1 aliphatic heterocycles. The monoisotopic (exact) mass is 363 g/mol. The summed E-state index contributed by atoms with van der Waals surface area (Å²) in [5.41, 5.74) is 0. The number of likely N-dealkylation sites (N-methyl/N-ethyl adjacent to an activating group) is 1. The van der Waals surface area contributed by atoms with Crippen LogP contribution in [-0.4, -0.2) is 43.9 Å². The molecule has 1 saturated heterocycles. The van der Waals surface area contributed by atoms with E-state index in [-0.39, 0.29) is 30.9 Å². The van der Waals surface area contributed by atoms with E-state index in [1.54, 1.807) is 34.9 Å². The lowest BCUT2D eigenvalue weighted by molar-refractivity contribution is 0.464. The van der Waals surface area contributed by atoms with Gasteiger partial charge in [0.15, 0.2) is 0 Å². The van der Waals surface area contributed by atoms with Gasteiger partial charge in [-0.2, -0.15) is 4.31 Å². The van der Waals surface area contributed by atoms with E-state index in [1.165, 1.54) is 0 Å². The second-order valence-electron chi connectivity index (χ2n) is 5.02. The molecule has 1 aromatic carbocycles. The number of hydrogen-bond acceptors (Lipinski definition) is 4. The number of hydrogen-bond donors (Lipinski definition) is 1. The number of benzene rings is 1. The van der Waals surface area contributed by atoms with E-state index in [1.807, 2.05) is 13.1 Å². The molecule has 0 amide bonds. The van der Waals surface area contributed by atoms with Crippen LogP contribution in [0.5, 0.6) is 0 Å². The summed E-state index contributed by atoms with van der Waals surface area (Å²) >= 11 is 0. The van der Waals surface area contributed by atoms with Crippen molar-refractivity contribution in [1.82, 2.24) is 14.6 Å². The summed E-state index contributed by atoms with van der Waals surface area (Å²) in [6.45, 7) is 1.11. The van der Waals surface area contributed by atoms with Crippen LogP contribution in [0.4, 0.5) is 0 Å². The van der Waals surface area contributed by atoms with Crippen LogP contribution in [0.3, 0.4) is 0 Å².